The molecule has 1 aromatic rings. The lowest BCUT2D eigenvalue weighted by Gasteiger charge is -2.03. The Morgan fingerprint density at radius 1 is 1.00 bits per heavy atom. The van der Waals surface area contributed by atoms with E-state index in [-0.39, 0.29) is 0 Å². The molecule has 0 saturated heterocycles. The van der Waals surface area contributed by atoms with Gasteiger partial charge in [-0.25, -0.2) is 4.99 Å². The third-order valence-electron chi connectivity index (χ3n) is 2.35. The topological polar surface area (TPSA) is 24.4 Å². The van der Waals surface area contributed by atoms with Gasteiger partial charge in [0.1, 0.15) is 0 Å². The fraction of sp³-hybridized carbons (Fsp3) is 0.0714. The van der Waals surface area contributed by atoms with Crippen molar-refractivity contribution in [2.24, 2.45) is 4.99 Å². The van der Waals surface area contributed by atoms with Crippen LogP contribution in [0.4, 0.5) is 11.4 Å². The van der Waals surface area contributed by atoms with Crippen LogP contribution in [0.5, 0.6) is 0 Å². The molecule has 0 fully saturated rings. The van der Waals surface area contributed by atoms with Crippen LogP contribution in [0.3, 0.4) is 0 Å². The number of hydrogen-bond acceptors (Lipinski definition) is 2. The molecule has 0 bridgehead atoms. The molecule has 16 heavy (non-hydrogen) atoms. The van der Waals surface area contributed by atoms with E-state index in [1.807, 2.05) is 55.6 Å². The Morgan fingerprint density at radius 2 is 1.62 bits per heavy atom. The first-order chi connectivity index (χ1) is 7.78. The highest BCUT2D eigenvalue weighted by molar-refractivity contribution is 6.07. The van der Waals surface area contributed by atoms with Crippen molar-refractivity contribution >= 4 is 17.1 Å². The lowest BCUT2D eigenvalue weighted by atomic mass is 10.1. The molecule has 0 aromatic heterocycles. The molecule has 1 aliphatic carbocycles. The average molecular weight is 210 g/mol. The summed E-state index contributed by atoms with van der Waals surface area (Å²) in [5, 5.41) is 3.08. The second-order valence-corrected chi connectivity index (χ2v) is 3.58. The maximum Gasteiger partial charge on any atom is 0.0638 e. The first-order valence-corrected chi connectivity index (χ1v) is 5.19. The fourth-order valence-electron chi connectivity index (χ4n) is 1.42. The van der Waals surface area contributed by atoms with Gasteiger partial charge in [-0.05, 0) is 42.0 Å². The molecule has 0 spiro atoms. The van der Waals surface area contributed by atoms with Gasteiger partial charge >= 0.3 is 0 Å². The summed E-state index contributed by atoms with van der Waals surface area (Å²) < 4.78 is 0. The Labute approximate surface area is 95.7 Å². The van der Waals surface area contributed by atoms with E-state index >= 15 is 0 Å². The number of nitrogens with zero attached hydrogens (tertiary/aromatic N) is 1. The highest BCUT2D eigenvalue weighted by Crippen LogP contribution is 2.17. The lowest BCUT2D eigenvalue weighted by Crippen LogP contribution is -1.92. The summed E-state index contributed by atoms with van der Waals surface area (Å²) in [6.07, 6.45) is 7.85. The van der Waals surface area contributed by atoms with Crippen LogP contribution in [0.2, 0.25) is 0 Å². The number of nitrogens with one attached hydrogen (secondary N) is 1. The number of allylic oxidation sites excluding steroid dienone is 5. The second kappa shape index (κ2) is 4.62. The van der Waals surface area contributed by atoms with Gasteiger partial charge in [0.2, 0.25) is 0 Å². The van der Waals surface area contributed by atoms with Gasteiger partial charge in [0, 0.05) is 12.7 Å². The highest BCUT2D eigenvalue weighted by atomic mass is 14.8. The Hall–Kier alpha value is -2.09. The summed E-state index contributed by atoms with van der Waals surface area (Å²) in [6.45, 7) is 3.84. The molecular formula is C14H14N2. The van der Waals surface area contributed by atoms with Crippen LogP contribution in [0, 0.1) is 0 Å². The van der Waals surface area contributed by atoms with Crippen LogP contribution in [-0.2, 0) is 0 Å². The molecular weight excluding hydrogens is 196 g/mol. The molecule has 0 saturated carbocycles. The van der Waals surface area contributed by atoms with Crippen molar-refractivity contribution < 1.29 is 0 Å². The predicted molar refractivity (Wildman–Crippen MR) is 70.5 cm³/mol. The van der Waals surface area contributed by atoms with Crippen LogP contribution in [0.25, 0.3) is 0 Å². The zero-order chi connectivity index (χ0) is 11.4. The highest BCUT2D eigenvalue weighted by Gasteiger charge is 1.96. The van der Waals surface area contributed by atoms with E-state index in [2.05, 4.69) is 16.9 Å². The summed E-state index contributed by atoms with van der Waals surface area (Å²) in [4.78, 5) is 4.50. The van der Waals surface area contributed by atoms with E-state index in [1.165, 1.54) is 0 Å². The van der Waals surface area contributed by atoms with Gasteiger partial charge in [-0.3, -0.25) is 0 Å². The molecule has 0 heterocycles. The molecule has 0 atom stereocenters. The third kappa shape index (κ3) is 2.48. The SMILES string of the molecule is C=C1C=CC(=Nc2ccc(NC)cc2)C=C1. The van der Waals surface area contributed by atoms with Gasteiger partial charge in [-0.1, -0.05) is 18.7 Å². The van der Waals surface area contributed by atoms with Crippen molar-refractivity contribution in [3.8, 4) is 0 Å². The number of hydrogen-bond donors (Lipinski definition) is 1. The molecule has 1 aromatic carbocycles. The van der Waals surface area contributed by atoms with Crippen LogP contribution in [0.15, 0.2) is 65.7 Å². The van der Waals surface area contributed by atoms with Gasteiger partial charge < -0.3 is 5.32 Å². The van der Waals surface area contributed by atoms with Gasteiger partial charge in [-0.15, -0.1) is 0 Å². The summed E-state index contributed by atoms with van der Waals surface area (Å²) in [7, 11) is 1.90. The quantitative estimate of drug-likeness (QED) is 0.794. The van der Waals surface area contributed by atoms with E-state index in [0.717, 1.165) is 22.7 Å². The molecule has 2 heteroatoms. The standard InChI is InChI=1S/C14H14N2/c1-11-3-5-13(6-4-11)16-14-9-7-12(15-2)8-10-14/h3-10,15H,1H2,2H3. The van der Waals surface area contributed by atoms with Crippen molar-refractivity contribution in [3.63, 3.8) is 0 Å². The van der Waals surface area contributed by atoms with Gasteiger partial charge in [0.15, 0.2) is 0 Å². The van der Waals surface area contributed by atoms with Gasteiger partial charge in [-0.2, -0.15) is 0 Å². The Bertz CT molecular complexity index is 458. The average Bonchev–Trinajstić information content (AvgIpc) is 2.33. The maximum absolute atomic E-state index is 4.50. The van der Waals surface area contributed by atoms with Crippen LogP contribution >= 0.6 is 0 Å². The zero-order valence-corrected chi connectivity index (χ0v) is 9.27. The predicted octanol–water partition coefficient (Wildman–Crippen LogP) is 3.48. The number of rotatable bonds is 2. The minimum absolute atomic E-state index is 0.949. The number of aliphatic imine (C=N–C) groups is 1. The van der Waals surface area contributed by atoms with Crippen molar-refractivity contribution in [3.05, 3.63) is 60.7 Å². The minimum atomic E-state index is 0.949. The molecule has 0 aliphatic heterocycles. The number of benzene rings is 1. The van der Waals surface area contributed by atoms with Crippen LogP contribution < -0.4 is 5.32 Å². The van der Waals surface area contributed by atoms with Gasteiger partial charge in [0.25, 0.3) is 0 Å². The van der Waals surface area contributed by atoms with Crippen LogP contribution in [-0.4, -0.2) is 12.8 Å². The first kappa shape index (κ1) is 10.4. The molecule has 1 N–H and O–H groups in total. The molecule has 0 radical (unpaired) electrons. The van der Waals surface area contributed by atoms with Crippen molar-refractivity contribution in [2.45, 2.75) is 0 Å². The largest absolute Gasteiger partial charge is 0.388 e. The lowest BCUT2D eigenvalue weighted by molar-refractivity contribution is 1.47. The maximum atomic E-state index is 4.50. The van der Waals surface area contributed by atoms with Crippen molar-refractivity contribution in [1.29, 1.82) is 0 Å². The van der Waals surface area contributed by atoms with E-state index in [1.54, 1.807) is 0 Å². The van der Waals surface area contributed by atoms with Crippen molar-refractivity contribution in [2.75, 3.05) is 12.4 Å². The first-order valence-electron chi connectivity index (χ1n) is 5.19. The smallest absolute Gasteiger partial charge is 0.0638 e. The van der Waals surface area contributed by atoms with Crippen molar-refractivity contribution in [1.82, 2.24) is 0 Å². The summed E-state index contributed by atoms with van der Waals surface area (Å²) >= 11 is 0. The second-order valence-electron chi connectivity index (χ2n) is 3.58. The van der Waals surface area contributed by atoms with E-state index in [4.69, 9.17) is 0 Å². The third-order valence-corrected chi connectivity index (χ3v) is 2.35. The Morgan fingerprint density at radius 3 is 2.19 bits per heavy atom. The monoisotopic (exact) mass is 210 g/mol. The van der Waals surface area contributed by atoms with E-state index in [0.29, 0.717) is 0 Å². The zero-order valence-electron chi connectivity index (χ0n) is 9.27. The molecule has 0 unspecified atom stereocenters. The minimum Gasteiger partial charge on any atom is -0.388 e. The summed E-state index contributed by atoms with van der Waals surface area (Å²) in [5.74, 6) is 0. The summed E-state index contributed by atoms with van der Waals surface area (Å²) in [6, 6.07) is 8.00. The van der Waals surface area contributed by atoms with Gasteiger partial charge in [0.05, 0.1) is 11.4 Å². The molecule has 0 amide bonds. The summed E-state index contributed by atoms with van der Waals surface area (Å²) in [5.41, 5.74) is 4.00. The van der Waals surface area contributed by atoms with Crippen LogP contribution in [0.1, 0.15) is 0 Å². The molecule has 80 valence electrons. The molecule has 2 nitrogen and oxygen atoms in total. The fourth-order valence-corrected chi connectivity index (χ4v) is 1.42. The molecule has 1 aliphatic rings. The van der Waals surface area contributed by atoms with E-state index in [9.17, 15) is 0 Å². The Balaban J connectivity index is 2.20. The molecule has 2 rings (SSSR count). The number of anilines is 1. The normalized spacial score (nSPS) is 14.1. The Kier molecular flexibility index (Phi) is 3.01. The van der Waals surface area contributed by atoms with E-state index < -0.39 is 0 Å².